The summed E-state index contributed by atoms with van der Waals surface area (Å²) in [4.78, 5) is 6.64. The van der Waals surface area contributed by atoms with Gasteiger partial charge in [0, 0.05) is 6.04 Å². The molecule has 0 atom stereocenters. The molecule has 0 N–H and O–H groups in total. The van der Waals surface area contributed by atoms with Gasteiger partial charge in [0.25, 0.3) is 0 Å². The van der Waals surface area contributed by atoms with Gasteiger partial charge < -0.3 is 4.52 Å². The average Bonchev–Trinajstić information content (AvgIpc) is 3.16. The summed E-state index contributed by atoms with van der Waals surface area (Å²) in [6, 6.07) is 8.62. The van der Waals surface area contributed by atoms with Crippen LogP contribution >= 0.6 is 34.4 Å². The molecule has 0 saturated heterocycles. The molecular weight excluding hydrogens is 374 g/mol. The Hall–Kier alpha value is -1.97. The Morgan fingerprint density at radius 2 is 1.92 bits per heavy atom. The van der Waals surface area contributed by atoms with E-state index in [-0.39, 0.29) is 0 Å². The second-order valence-corrected chi connectivity index (χ2v) is 8.50. The third-order valence-corrected chi connectivity index (χ3v) is 6.51. The molecule has 1 aliphatic carbocycles. The first kappa shape index (κ1) is 15.3. The standard InChI is InChI=1S/C16H13N5OS3/c1-3-11(23-7-1)14-17-13(22-20-14)9-25-16-19-18-15(12-4-2-8-24-12)21(16)10-5-6-10/h1-4,7-8,10H,5-6,9H2. The highest BCUT2D eigenvalue weighted by Gasteiger charge is 2.30. The SMILES string of the molecule is c1csc(-c2noc(CSc3nnc(-c4cccs4)n3C3CC3)n2)c1. The zero-order chi connectivity index (χ0) is 16.6. The molecule has 25 heavy (non-hydrogen) atoms. The van der Waals surface area contributed by atoms with Crippen molar-refractivity contribution in [2.75, 3.05) is 0 Å². The molecule has 9 heteroatoms. The van der Waals surface area contributed by atoms with Crippen LogP contribution in [0.1, 0.15) is 24.8 Å². The van der Waals surface area contributed by atoms with Crippen molar-refractivity contribution in [1.82, 2.24) is 24.9 Å². The van der Waals surface area contributed by atoms with Gasteiger partial charge in [-0.05, 0) is 35.7 Å². The lowest BCUT2D eigenvalue weighted by Crippen LogP contribution is -1.99. The largest absolute Gasteiger partial charge is 0.338 e. The van der Waals surface area contributed by atoms with Crippen molar-refractivity contribution >= 4 is 34.4 Å². The Morgan fingerprint density at radius 3 is 2.64 bits per heavy atom. The van der Waals surface area contributed by atoms with E-state index in [2.05, 4.69) is 36.4 Å². The topological polar surface area (TPSA) is 69.6 Å². The van der Waals surface area contributed by atoms with Gasteiger partial charge in [-0.15, -0.1) is 32.9 Å². The lowest BCUT2D eigenvalue weighted by atomic mass is 10.4. The number of thiophene rings is 2. The predicted molar refractivity (Wildman–Crippen MR) is 98.8 cm³/mol. The van der Waals surface area contributed by atoms with Crippen molar-refractivity contribution in [1.29, 1.82) is 0 Å². The molecule has 0 radical (unpaired) electrons. The normalized spacial score (nSPS) is 14.2. The molecule has 0 aromatic carbocycles. The fraction of sp³-hybridized carbons (Fsp3) is 0.250. The summed E-state index contributed by atoms with van der Waals surface area (Å²) in [7, 11) is 0. The van der Waals surface area contributed by atoms with Crippen LogP contribution in [-0.2, 0) is 5.75 Å². The van der Waals surface area contributed by atoms with Crippen LogP contribution in [0.4, 0.5) is 0 Å². The molecule has 1 saturated carbocycles. The Labute approximate surface area is 155 Å². The van der Waals surface area contributed by atoms with Gasteiger partial charge >= 0.3 is 0 Å². The molecule has 1 fully saturated rings. The minimum absolute atomic E-state index is 0.513. The molecule has 0 amide bonds. The van der Waals surface area contributed by atoms with Crippen LogP contribution in [0.15, 0.2) is 44.7 Å². The van der Waals surface area contributed by atoms with Crippen LogP contribution in [0, 0.1) is 0 Å². The minimum Gasteiger partial charge on any atom is -0.338 e. The molecule has 0 aliphatic heterocycles. The fourth-order valence-corrected chi connectivity index (χ4v) is 4.75. The summed E-state index contributed by atoms with van der Waals surface area (Å²) >= 11 is 4.89. The van der Waals surface area contributed by atoms with Crippen molar-refractivity contribution in [2.45, 2.75) is 29.8 Å². The molecule has 4 aromatic rings. The van der Waals surface area contributed by atoms with Gasteiger partial charge in [-0.2, -0.15) is 4.98 Å². The average molecular weight is 388 g/mol. The predicted octanol–water partition coefficient (Wildman–Crippen LogP) is 4.75. The molecule has 0 unspecified atom stereocenters. The lowest BCUT2D eigenvalue weighted by Gasteiger charge is -2.06. The second kappa shape index (κ2) is 6.40. The molecule has 126 valence electrons. The van der Waals surface area contributed by atoms with Gasteiger partial charge in [-0.25, -0.2) is 0 Å². The maximum atomic E-state index is 5.37. The molecular formula is C16H13N5OS3. The van der Waals surface area contributed by atoms with Gasteiger partial charge in [-0.3, -0.25) is 4.57 Å². The van der Waals surface area contributed by atoms with Crippen molar-refractivity contribution in [3.63, 3.8) is 0 Å². The van der Waals surface area contributed by atoms with E-state index in [9.17, 15) is 0 Å². The van der Waals surface area contributed by atoms with E-state index in [4.69, 9.17) is 4.52 Å². The van der Waals surface area contributed by atoms with Crippen molar-refractivity contribution in [3.8, 4) is 21.4 Å². The Bertz CT molecular complexity index is 970. The summed E-state index contributed by atoms with van der Waals surface area (Å²) in [6.07, 6.45) is 2.38. The van der Waals surface area contributed by atoms with E-state index in [1.54, 1.807) is 34.4 Å². The summed E-state index contributed by atoms with van der Waals surface area (Å²) in [5, 5.41) is 17.9. The Balaban J connectivity index is 1.36. The van der Waals surface area contributed by atoms with Gasteiger partial charge in [0.2, 0.25) is 11.7 Å². The van der Waals surface area contributed by atoms with E-state index in [1.807, 2.05) is 23.6 Å². The monoisotopic (exact) mass is 387 g/mol. The number of hydrogen-bond donors (Lipinski definition) is 0. The summed E-state index contributed by atoms with van der Waals surface area (Å²) in [5.41, 5.74) is 0. The maximum absolute atomic E-state index is 5.37. The first-order valence-corrected chi connectivity index (χ1v) is 10.6. The number of rotatable bonds is 6. The zero-order valence-corrected chi connectivity index (χ0v) is 15.5. The first-order chi connectivity index (χ1) is 12.4. The molecule has 1 aliphatic rings. The highest BCUT2D eigenvalue weighted by Crippen LogP contribution is 2.42. The van der Waals surface area contributed by atoms with Crippen molar-refractivity contribution in [3.05, 3.63) is 40.9 Å². The number of nitrogens with zero attached hydrogens (tertiary/aromatic N) is 5. The van der Waals surface area contributed by atoms with E-state index in [0.29, 0.717) is 23.5 Å². The van der Waals surface area contributed by atoms with Crippen LogP contribution in [0.3, 0.4) is 0 Å². The van der Waals surface area contributed by atoms with E-state index in [0.717, 1.165) is 20.7 Å². The lowest BCUT2D eigenvalue weighted by molar-refractivity contribution is 0.391. The molecule has 5 rings (SSSR count). The molecule has 4 heterocycles. The summed E-state index contributed by atoms with van der Waals surface area (Å²) < 4.78 is 7.63. The number of hydrogen-bond acceptors (Lipinski definition) is 8. The number of aromatic nitrogens is 5. The Kier molecular flexibility index (Phi) is 3.91. The van der Waals surface area contributed by atoms with E-state index in [1.165, 1.54) is 12.8 Å². The zero-order valence-electron chi connectivity index (χ0n) is 13.0. The quantitative estimate of drug-likeness (QED) is 0.445. The van der Waals surface area contributed by atoms with E-state index < -0.39 is 0 Å². The minimum atomic E-state index is 0.513. The smallest absolute Gasteiger partial charge is 0.237 e. The summed E-state index contributed by atoms with van der Waals surface area (Å²) in [6.45, 7) is 0. The van der Waals surface area contributed by atoms with Crippen LogP contribution in [0.5, 0.6) is 0 Å². The highest BCUT2D eigenvalue weighted by atomic mass is 32.2. The third kappa shape index (κ3) is 3.03. The molecule has 0 bridgehead atoms. The second-order valence-electron chi connectivity index (χ2n) is 5.66. The van der Waals surface area contributed by atoms with Gasteiger partial charge in [0.15, 0.2) is 11.0 Å². The van der Waals surface area contributed by atoms with Crippen LogP contribution < -0.4 is 0 Å². The van der Waals surface area contributed by atoms with Crippen molar-refractivity contribution in [2.24, 2.45) is 0 Å². The fourth-order valence-electron chi connectivity index (χ4n) is 2.56. The van der Waals surface area contributed by atoms with Gasteiger partial charge in [0.1, 0.15) is 0 Å². The van der Waals surface area contributed by atoms with Crippen LogP contribution in [-0.4, -0.2) is 24.9 Å². The summed E-state index contributed by atoms with van der Waals surface area (Å²) in [5.74, 6) is 2.81. The van der Waals surface area contributed by atoms with Crippen molar-refractivity contribution < 1.29 is 4.52 Å². The van der Waals surface area contributed by atoms with Crippen LogP contribution in [0.25, 0.3) is 21.4 Å². The number of thioether (sulfide) groups is 1. The third-order valence-electron chi connectivity index (χ3n) is 3.85. The van der Waals surface area contributed by atoms with E-state index >= 15 is 0 Å². The maximum Gasteiger partial charge on any atom is 0.237 e. The van der Waals surface area contributed by atoms with Gasteiger partial charge in [0.05, 0.1) is 15.5 Å². The molecule has 4 aromatic heterocycles. The highest BCUT2D eigenvalue weighted by molar-refractivity contribution is 7.98. The molecule has 0 spiro atoms. The van der Waals surface area contributed by atoms with Gasteiger partial charge in [-0.1, -0.05) is 29.1 Å². The first-order valence-electron chi connectivity index (χ1n) is 7.86. The van der Waals surface area contributed by atoms with Crippen LogP contribution in [0.2, 0.25) is 0 Å². The Morgan fingerprint density at radius 1 is 1.12 bits per heavy atom. The molecule has 6 nitrogen and oxygen atoms in total.